The summed E-state index contributed by atoms with van der Waals surface area (Å²) in [5.41, 5.74) is 5.46. The molecule has 1 aliphatic carbocycles. The first-order chi connectivity index (χ1) is 16.5. The molecular weight excluding hydrogens is 431 g/mol. The van der Waals surface area contributed by atoms with E-state index in [1.54, 1.807) is 13.4 Å². The van der Waals surface area contributed by atoms with Crippen molar-refractivity contribution in [1.82, 2.24) is 14.5 Å². The second kappa shape index (κ2) is 8.01. The average molecular weight is 459 g/mol. The lowest BCUT2D eigenvalue weighted by molar-refractivity contribution is 0.0482. The summed E-state index contributed by atoms with van der Waals surface area (Å²) in [7, 11) is 1.69. The lowest BCUT2D eigenvalue weighted by Crippen LogP contribution is -2.48. The highest BCUT2D eigenvalue weighted by molar-refractivity contribution is 6.03. The van der Waals surface area contributed by atoms with Crippen molar-refractivity contribution in [3.05, 3.63) is 83.2 Å². The fourth-order valence-corrected chi connectivity index (χ4v) is 5.13. The summed E-state index contributed by atoms with van der Waals surface area (Å²) < 4.78 is 21.2. The van der Waals surface area contributed by atoms with Crippen LogP contribution in [0.15, 0.2) is 65.7 Å². The van der Waals surface area contributed by atoms with E-state index in [0.717, 1.165) is 47.1 Å². The molecule has 0 bridgehead atoms. The minimum Gasteiger partial charge on any atom is -0.495 e. The zero-order valence-electron chi connectivity index (χ0n) is 19.4. The van der Waals surface area contributed by atoms with Crippen molar-refractivity contribution in [3.8, 4) is 11.4 Å². The average Bonchev–Trinajstić information content (AvgIpc) is 3.44. The minimum absolute atomic E-state index is 0.0238. The second-order valence-corrected chi connectivity index (χ2v) is 9.61. The maximum atomic E-state index is 13.5. The number of fused-ring (bicyclic) bond motifs is 1. The van der Waals surface area contributed by atoms with Crippen LogP contribution in [0.25, 0.3) is 11.8 Å². The van der Waals surface area contributed by atoms with Gasteiger partial charge in [-0.15, -0.1) is 0 Å². The van der Waals surface area contributed by atoms with Crippen molar-refractivity contribution in [2.75, 3.05) is 20.3 Å². The van der Waals surface area contributed by atoms with Crippen LogP contribution in [0.2, 0.25) is 0 Å². The molecule has 6 nitrogen and oxygen atoms in total. The fraction of sp³-hybridized carbons (Fsp3) is 0.333. The van der Waals surface area contributed by atoms with E-state index in [9.17, 15) is 4.39 Å². The number of halogens is 1. The van der Waals surface area contributed by atoms with Gasteiger partial charge in [0, 0.05) is 12.7 Å². The third-order valence-electron chi connectivity index (χ3n) is 7.14. The van der Waals surface area contributed by atoms with Crippen LogP contribution >= 0.6 is 0 Å². The number of rotatable bonds is 4. The van der Waals surface area contributed by atoms with Gasteiger partial charge < -0.3 is 19.0 Å². The molecule has 2 fully saturated rings. The highest BCUT2D eigenvalue weighted by atomic mass is 19.1. The molecular formula is C27H27FN4O2. The molecule has 0 radical (unpaired) electrons. The lowest BCUT2D eigenvalue weighted by Gasteiger charge is -2.43. The van der Waals surface area contributed by atoms with E-state index in [4.69, 9.17) is 9.57 Å². The first kappa shape index (κ1) is 21.0. The normalized spacial score (nSPS) is 21.7. The minimum atomic E-state index is -0.226. The zero-order chi connectivity index (χ0) is 23.3. The highest BCUT2D eigenvalue weighted by Gasteiger charge is 2.51. The summed E-state index contributed by atoms with van der Waals surface area (Å²) in [6.07, 6.45) is 9.39. The Kier molecular flexibility index (Phi) is 4.94. The summed E-state index contributed by atoms with van der Waals surface area (Å²) in [5, 5.41) is 4.48. The third-order valence-corrected chi connectivity index (χ3v) is 7.14. The molecule has 3 aliphatic rings. The number of ether oxygens (including phenoxy) is 1. The van der Waals surface area contributed by atoms with Crippen LogP contribution in [-0.4, -0.2) is 40.5 Å². The summed E-state index contributed by atoms with van der Waals surface area (Å²) in [6.45, 7) is 3.39. The predicted molar refractivity (Wildman–Crippen MR) is 128 cm³/mol. The number of nitrogens with zero attached hydrogens (tertiary/aromatic N) is 4. The Balaban J connectivity index is 1.36. The fourth-order valence-electron chi connectivity index (χ4n) is 5.13. The first-order valence-corrected chi connectivity index (χ1v) is 11.7. The van der Waals surface area contributed by atoms with Crippen LogP contribution in [0.3, 0.4) is 0 Å². The van der Waals surface area contributed by atoms with Gasteiger partial charge in [0.05, 0.1) is 30.9 Å². The SMILES string of the molecule is COc1cc(C=C2CC3(CC3)CN3C2=NOCC3c2ccc(F)cc2)ccc1-n1cnc(C)c1. The molecule has 2 aliphatic heterocycles. The maximum Gasteiger partial charge on any atom is 0.172 e. The summed E-state index contributed by atoms with van der Waals surface area (Å²) in [5.74, 6) is 1.44. The molecule has 6 rings (SSSR count). The Bertz CT molecular complexity index is 1290. The number of hydrogen-bond donors (Lipinski definition) is 0. The number of hydrogen-bond acceptors (Lipinski definition) is 5. The van der Waals surface area contributed by atoms with Crippen LogP contribution in [0.5, 0.6) is 5.75 Å². The van der Waals surface area contributed by atoms with Crippen molar-refractivity contribution < 1.29 is 14.0 Å². The van der Waals surface area contributed by atoms with Crippen LogP contribution in [0.1, 0.15) is 42.1 Å². The number of benzene rings is 2. The van der Waals surface area contributed by atoms with E-state index < -0.39 is 0 Å². The Hall–Kier alpha value is -3.61. The molecule has 174 valence electrons. The van der Waals surface area contributed by atoms with Gasteiger partial charge in [-0.3, -0.25) is 0 Å². The van der Waals surface area contributed by atoms with E-state index in [2.05, 4.69) is 39.3 Å². The van der Waals surface area contributed by atoms with E-state index >= 15 is 0 Å². The molecule has 0 N–H and O–H groups in total. The quantitative estimate of drug-likeness (QED) is 0.534. The van der Waals surface area contributed by atoms with E-state index in [1.807, 2.05) is 29.8 Å². The van der Waals surface area contributed by atoms with Crippen molar-refractivity contribution in [2.24, 2.45) is 10.6 Å². The predicted octanol–water partition coefficient (Wildman–Crippen LogP) is 5.28. The van der Waals surface area contributed by atoms with E-state index in [0.29, 0.717) is 12.0 Å². The monoisotopic (exact) mass is 458 g/mol. The van der Waals surface area contributed by atoms with Crippen molar-refractivity contribution in [1.29, 1.82) is 0 Å². The number of amidine groups is 1. The van der Waals surface area contributed by atoms with Gasteiger partial charge in [-0.05, 0) is 78.6 Å². The van der Waals surface area contributed by atoms with Crippen LogP contribution < -0.4 is 4.74 Å². The topological polar surface area (TPSA) is 51.9 Å². The van der Waals surface area contributed by atoms with E-state index in [1.165, 1.54) is 30.5 Å². The molecule has 1 atom stereocenters. The molecule has 7 heteroatoms. The Labute approximate surface area is 198 Å². The molecule has 3 heterocycles. The number of piperidine rings is 1. The van der Waals surface area contributed by atoms with Crippen molar-refractivity contribution in [2.45, 2.75) is 32.2 Å². The summed E-state index contributed by atoms with van der Waals surface area (Å²) in [6, 6.07) is 13.0. The number of oxime groups is 1. The standard InChI is InChI=1S/C27H27FN4O2/c1-18-14-31(17-29-18)23-8-3-19(12-25(23)33-2)11-21-13-27(9-10-27)16-32-24(15-34-30-26(21)32)20-4-6-22(28)7-5-20/h3-8,11-12,14,17,24H,9-10,13,15-16H2,1-2H3. The van der Waals surface area contributed by atoms with Gasteiger partial charge in [0.1, 0.15) is 18.2 Å². The summed E-state index contributed by atoms with van der Waals surface area (Å²) in [4.78, 5) is 12.4. The van der Waals surface area contributed by atoms with Gasteiger partial charge in [-0.1, -0.05) is 23.4 Å². The molecule has 1 unspecified atom stereocenters. The van der Waals surface area contributed by atoms with Crippen molar-refractivity contribution >= 4 is 11.9 Å². The maximum absolute atomic E-state index is 13.5. The Morgan fingerprint density at radius 3 is 2.71 bits per heavy atom. The van der Waals surface area contributed by atoms with Gasteiger partial charge in [0.25, 0.3) is 0 Å². The molecule has 2 aromatic carbocycles. The largest absolute Gasteiger partial charge is 0.495 e. The van der Waals surface area contributed by atoms with Gasteiger partial charge in [0.15, 0.2) is 5.84 Å². The van der Waals surface area contributed by atoms with Gasteiger partial charge in [0.2, 0.25) is 0 Å². The number of aryl methyl sites for hydroxylation is 1. The molecule has 3 aromatic rings. The smallest absolute Gasteiger partial charge is 0.172 e. The number of methoxy groups -OCH3 is 1. The third kappa shape index (κ3) is 3.75. The van der Waals surface area contributed by atoms with E-state index in [-0.39, 0.29) is 11.9 Å². The zero-order valence-corrected chi connectivity index (χ0v) is 19.4. The van der Waals surface area contributed by atoms with Gasteiger partial charge >= 0.3 is 0 Å². The van der Waals surface area contributed by atoms with Gasteiger partial charge in [-0.2, -0.15) is 0 Å². The van der Waals surface area contributed by atoms with Crippen molar-refractivity contribution in [3.63, 3.8) is 0 Å². The number of aromatic nitrogens is 2. The molecule has 0 amide bonds. The van der Waals surface area contributed by atoms with Crippen LogP contribution in [0, 0.1) is 18.2 Å². The van der Waals surface area contributed by atoms with Gasteiger partial charge in [-0.25, -0.2) is 9.37 Å². The van der Waals surface area contributed by atoms with Crippen LogP contribution in [-0.2, 0) is 4.84 Å². The molecule has 1 saturated heterocycles. The Morgan fingerprint density at radius 1 is 1.18 bits per heavy atom. The lowest BCUT2D eigenvalue weighted by atomic mass is 9.87. The van der Waals surface area contributed by atoms with Crippen LogP contribution in [0.4, 0.5) is 4.39 Å². The Morgan fingerprint density at radius 2 is 2.00 bits per heavy atom. The molecule has 1 aromatic heterocycles. The summed E-state index contributed by atoms with van der Waals surface area (Å²) >= 11 is 0. The molecule has 1 spiro atoms. The first-order valence-electron chi connectivity index (χ1n) is 11.7. The second-order valence-electron chi connectivity index (χ2n) is 9.61. The number of imidazole rings is 1. The molecule has 34 heavy (non-hydrogen) atoms. The highest BCUT2D eigenvalue weighted by Crippen LogP contribution is 2.55. The molecule has 1 saturated carbocycles.